The van der Waals surface area contributed by atoms with Crippen LogP contribution < -0.4 is 20.8 Å². The summed E-state index contributed by atoms with van der Waals surface area (Å²) in [5, 5.41) is 4.48. The fourth-order valence-corrected chi connectivity index (χ4v) is 2.78. The maximum atomic E-state index is 13.0. The zero-order chi connectivity index (χ0) is 18.6. The molecule has 0 fully saturated rings. The maximum Gasteiger partial charge on any atom is 0.368 e. The lowest BCUT2D eigenvalue weighted by molar-refractivity contribution is 0.256. The lowest BCUT2D eigenvalue weighted by Gasteiger charge is -2.13. The molecule has 5 nitrogen and oxygen atoms in total. The van der Waals surface area contributed by atoms with Crippen molar-refractivity contribution in [2.75, 3.05) is 5.32 Å². The molecule has 0 aliphatic carbocycles. The Kier molecular flexibility index (Phi) is 6.01. The zero-order valence-electron chi connectivity index (χ0n) is 14.8. The molecule has 1 heterocycles. The molecule has 0 bridgehead atoms. The average molecular weight is 398 g/mol. The van der Waals surface area contributed by atoms with Crippen LogP contribution >= 0.6 is 12.4 Å². The number of carbonyl (C=O) groups excluding carboxylic acids is 1. The third-order valence-electron chi connectivity index (χ3n) is 4.17. The van der Waals surface area contributed by atoms with Crippen LogP contribution in [0.25, 0.3) is 0 Å². The van der Waals surface area contributed by atoms with E-state index in [1.165, 1.54) is 12.1 Å². The number of halogens is 2. The van der Waals surface area contributed by atoms with Crippen molar-refractivity contribution in [1.82, 2.24) is 0 Å². The molecular formula is C21H17ClFN3O2. The monoisotopic (exact) mass is 397 g/mol. The minimum atomic E-state index is -0.471. The van der Waals surface area contributed by atoms with Crippen LogP contribution in [0.1, 0.15) is 11.1 Å². The third kappa shape index (κ3) is 4.53. The summed E-state index contributed by atoms with van der Waals surface area (Å²) in [5.74, 6) is 0.490. The Labute approximate surface area is 167 Å². The highest BCUT2D eigenvalue weighted by molar-refractivity contribution is 5.85. The number of para-hydroxylation sites is 1. The largest absolute Gasteiger partial charge is 0.489 e. The summed E-state index contributed by atoms with van der Waals surface area (Å²) in [6.45, 7) is 0.905. The summed E-state index contributed by atoms with van der Waals surface area (Å²) >= 11 is 0. The van der Waals surface area contributed by atoms with Gasteiger partial charge in [0, 0.05) is 17.8 Å². The van der Waals surface area contributed by atoms with Crippen molar-refractivity contribution in [2.24, 2.45) is 9.98 Å². The number of urea groups is 1. The van der Waals surface area contributed by atoms with E-state index in [1.54, 1.807) is 24.3 Å². The first kappa shape index (κ1) is 19.5. The van der Waals surface area contributed by atoms with Gasteiger partial charge in [0.25, 0.3) is 0 Å². The smallest absolute Gasteiger partial charge is 0.368 e. The Balaban J connectivity index is 0.00000225. The molecule has 1 aliphatic rings. The van der Waals surface area contributed by atoms with Crippen LogP contribution in [-0.4, -0.2) is 6.03 Å². The van der Waals surface area contributed by atoms with Crippen molar-refractivity contribution >= 4 is 24.1 Å². The van der Waals surface area contributed by atoms with Crippen LogP contribution in [0.2, 0.25) is 0 Å². The lowest BCUT2D eigenvalue weighted by Crippen LogP contribution is -2.21. The van der Waals surface area contributed by atoms with Gasteiger partial charge in [0.15, 0.2) is 0 Å². The molecule has 28 heavy (non-hydrogen) atoms. The van der Waals surface area contributed by atoms with Crippen LogP contribution in [0.4, 0.5) is 14.9 Å². The molecule has 1 aliphatic heterocycles. The lowest BCUT2D eigenvalue weighted by atomic mass is 10.2. The van der Waals surface area contributed by atoms with Crippen LogP contribution in [-0.2, 0) is 13.2 Å². The molecular weight excluding hydrogens is 381 g/mol. The fraction of sp³-hybridized carbons (Fsp3) is 0.0952. The molecule has 0 atom stereocenters. The highest BCUT2D eigenvalue weighted by Crippen LogP contribution is 2.20. The van der Waals surface area contributed by atoms with Gasteiger partial charge in [-0.2, -0.15) is 9.98 Å². The molecule has 0 radical (unpaired) electrons. The first-order valence-corrected chi connectivity index (χ1v) is 8.48. The zero-order valence-corrected chi connectivity index (χ0v) is 15.6. The van der Waals surface area contributed by atoms with Gasteiger partial charge < -0.3 is 10.1 Å². The van der Waals surface area contributed by atoms with E-state index in [0.29, 0.717) is 23.9 Å². The summed E-state index contributed by atoms with van der Waals surface area (Å²) in [6.07, 6.45) is 0. The minimum Gasteiger partial charge on any atom is -0.489 e. The molecule has 4 rings (SSSR count). The molecule has 1 N–H and O–H groups in total. The van der Waals surface area contributed by atoms with E-state index in [9.17, 15) is 9.18 Å². The molecule has 2 amide bonds. The summed E-state index contributed by atoms with van der Waals surface area (Å²) in [5.41, 5.74) is 2.72. The normalized spacial score (nSPS) is 11.7. The van der Waals surface area contributed by atoms with Crippen molar-refractivity contribution < 1.29 is 13.9 Å². The van der Waals surface area contributed by atoms with Crippen molar-refractivity contribution in [1.29, 1.82) is 0 Å². The van der Waals surface area contributed by atoms with E-state index in [4.69, 9.17) is 4.74 Å². The summed E-state index contributed by atoms with van der Waals surface area (Å²) in [7, 11) is 0. The van der Waals surface area contributed by atoms with Crippen LogP contribution in [0.5, 0.6) is 5.75 Å². The number of anilines is 1. The van der Waals surface area contributed by atoms with Crippen LogP contribution in [0, 0.1) is 5.82 Å². The number of hydrogen-bond donors (Lipinski definition) is 1. The highest BCUT2D eigenvalue weighted by atomic mass is 35.5. The van der Waals surface area contributed by atoms with Gasteiger partial charge in [0.1, 0.15) is 18.2 Å². The van der Waals surface area contributed by atoms with E-state index in [0.717, 1.165) is 22.6 Å². The van der Waals surface area contributed by atoms with E-state index in [1.807, 2.05) is 30.3 Å². The molecule has 7 heteroatoms. The SMILES string of the molecule is Cl.O=C1N=c2ccc(NCc3ccccc3OCc3ccc(F)cc3)cc2=N1. The predicted molar refractivity (Wildman–Crippen MR) is 106 cm³/mol. The molecule has 0 spiro atoms. The Hall–Kier alpha value is -3.25. The van der Waals surface area contributed by atoms with Crippen molar-refractivity contribution in [3.63, 3.8) is 0 Å². The van der Waals surface area contributed by atoms with Crippen molar-refractivity contribution in [3.05, 3.63) is 94.4 Å². The number of ether oxygens (including phenoxy) is 1. The molecule has 3 aromatic rings. The van der Waals surface area contributed by atoms with Gasteiger partial charge in [-0.15, -0.1) is 12.4 Å². The number of hydrogen-bond acceptors (Lipinski definition) is 3. The van der Waals surface area contributed by atoms with Crippen LogP contribution in [0.3, 0.4) is 0 Å². The van der Waals surface area contributed by atoms with Gasteiger partial charge in [-0.3, -0.25) is 0 Å². The number of amides is 2. The Morgan fingerprint density at radius 2 is 1.68 bits per heavy atom. The number of nitrogens with one attached hydrogen (secondary N) is 1. The van der Waals surface area contributed by atoms with Gasteiger partial charge in [-0.25, -0.2) is 9.18 Å². The molecule has 0 unspecified atom stereocenters. The first-order valence-electron chi connectivity index (χ1n) is 8.48. The first-order chi connectivity index (χ1) is 13.2. The second kappa shape index (κ2) is 8.63. The summed E-state index contributed by atoms with van der Waals surface area (Å²) < 4.78 is 18.9. The van der Waals surface area contributed by atoms with Gasteiger partial charge in [0.2, 0.25) is 0 Å². The maximum absolute atomic E-state index is 13.0. The van der Waals surface area contributed by atoms with Crippen LogP contribution in [0.15, 0.2) is 76.7 Å². The number of rotatable bonds is 6. The number of benzene rings is 3. The van der Waals surface area contributed by atoms with Gasteiger partial charge in [0.05, 0.1) is 10.7 Å². The molecule has 142 valence electrons. The standard InChI is InChI=1S/C21H16FN3O2.ClH/c22-16-7-5-14(6-8-16)13-27-20-4-2-1-3-15(20)12-23-17-9-10-18-19(11-17)25-21(26)24-18;/h1-11,23H,12-13H2;1H. The number of carbonyl (C=O) groups is 1. The van der Waals surface area contributed by atoms with Crippen molar-refractivity contribution in [3.8, 4) is 5.75 Å². The Morgan fingerprint density at radius 1 is 0.929 bits per heavy atom. The topological polar surface area (TPSA) is 63.0 Å². The Morgan fingerprint density at radius 3 is 2.50 bits per heavy atom. The number of fused-ring (bicyclic) bond motifs is 1. The van der Waals surface area contributed by atoms with Crippen molar-refractivity contribution in [2.45, 2.75) is 13.2 Å². The van der Waals surface area contributed by atoms with E-state index < -0.39 is 6.03 Å². The Bertz CT molecular complexity index is 1120. The van der Waals surface area contributed by atoms with Gasteiger partial charge in [-0.05, 0) is 42.0 Å². The number of nitrogens with zero attached hydrogens (tertiary/aromatic N) is 2. The average Bonchev–Trinajstić information content (AvgIpc) is 3.06. The molecule has 0 saturated carbocycles. The summed E-state index contributed by atoms with van der Waals surface area (Å²) in [4.78, 5) is 18.9. The second-order valence-corrected chi connectivity index (χ2v) is 6.09. The quantitative estimate of drug-likeness (QED) is 0.688. The minimum absolute atomic E-state index is 0. The van der Waals surface area contributed by atoms with E-state index in [-0.39, 0.29) is 18.2 Å². The van der Waals surface area contributed by atoms with Gasteiger partial charge >= 0.3 is 6.03 Å². The molecule has 0 saturated heterocycles. The van der Waals surface area contributed by atoms with Gasteiger partial charge in [-0.1, -0.05) is 30.3 Å². The summed E-state index contributed by atoms with van der Waals surface area (Å²) in [6, 6.07) is 18.9. The second-order valence-electron chi connectivity index (χ2n) is 6.09. The third-order valence-corrected chi connectivity index (χ3v) is 4.17. The predicted octanol–water partition coefficient (Wildman–Crippen LogP) is 3.81. The fourth-order valence-electron chi connectivity index (χ4n) is 2.78. The molecule has 3 aromatic carbocycles. The highest BCUT2D eigenvalue weighted by Gasteiger charge is 2.07. The molecule has 0 aromatic heterocycles. The van der Waals surface area contributed by atoms with E-state index >= 15 is 0 Å². The van der Waals surface area contributed by atoms with E-state index in [2.05, 4.69) is 15.3 Å².